The SMILES string of the molecule is CNC(Cc1ccccn1)C1(OC)CCOCC1. The average molecular weight is 250 g/mol. The van der Waals surface area contributed by atoms with Gasteiger partial charge in [0.2, 0.25) is 0 Å². The van der Waals surface area contributed by atoms with E-state index in [1.54, 1.807) is 7.11 Å². The van der Waals surface area contributed by atoms with Crippen LogP contribution in [-0.4, -0.2) is 44.0 Å². The Hall–Kier alpha value is -0.970. The smallest absolute Gasteiger partial charge is 0.0878 e. The number of methoxy groups -OCH3 is 1. The van der Waals surface area contributed by atoms with Gasteiger partial charge in [-0.05, 0) is 19.2 Å². The van der Waals surface area contributed by atoms with Crippen LogP contribution in [0.1, 0.15) is 18.5 Å². The third kappa shape index (κ3) is 2.88. The van der Waals surface area contributed by atoms with Gasteiger partial charge >= 0.3 is 0 Å². The largest absolute Gasteiger partial charge is 0.381 e. The normalized spacial score (nSPS) is 20.6. The predicted octanol–water partition coefficient (Wildman–Crippen LogP) is 1.41. The number of hydrogen-bond donors (Lipinski definition) is 1. The van der Waals surface area contributed by atoms with Gasteiger partial charge in [0, 0.05) is 57.5 Å². The molecule has 0 bridgehead atoms. The van der Waals surface area contributed by atoms with E-state index < -0.39 is 0 Å². The van der Waals surface area contributed by atoms with E-state index in [0.29, 0.717) is 0 Å². The van der Waals surface area contributed by atoms with Gasteiger partial charge in [-0.1, -0.05) is 6.07 Å². The van der Waals surface area contributed by atoms with Crippen LogP contribution in [0.5, 0.6) is 0 Å². The Kier molecular flexibility index (Phi) is 4.69. The van der Waals surface area contributed by atoms with Crippen LogP contribution >= 0.6 is 0 Å². The highest BCUT2D eigenvalue weighted by molar-refractivity contribution is 5.08. The Bertz CT molecular complexity index is 350. The summed E-state index contributed by atoms with van der Waals surface area (Å²) in [5, 5.41) is 3.39. The van der Waals surface area contributed by atoms with Crippen LogP contribution in [-0.2, 0) is 15.9 Å². The summed E-state index contributed by atoms with van der Waals surface area (Å²) >= 11 is 0. The number of ether oxygens (including phenoxy) is 2. The molecule has 1 saturated heterocycles. The number of likely N-dealkylation sites (N-methyl/N-ethyl adjacent to an activating group) is 1. The topological polar surface area (TPSA) is 43.4 Å². The number of rotatable bonds is 5. The minimum Gasteiger partial charge on any atom is -0.381 e. The van der Waals surface area contributed by atoms with E-state index in [-0.39, 0.29) is 11.6 Å². The molecule has 0 radical (unpaired) electrons. The van der Waals surface area contributed by atoms with Gasteiger partial charge in [0.15, 0.2) is 0 Å². The van der Waals surface area contributed by atoms with Gasteiger partial charge in [-0.3, -0.25) is 4.98 Å². The molecule has 2 rings (SSSR count). The monoisotopic (exact) mass is 250 g/mol. The molecule has 1 N–H and O–H groups in total. The lowest BCUT2D eigenvalue weighted by Gasteiger charge is -2.42. The van der Waals surface area contributed by atoms with Crippen molar-refractivity contribution >= 4 is 0 Å². The van der Waals surface area contributed by atoms with Crippen LogP contribution in [0.4, 0.5) is 0 Å². The molecule has 2 heterocycles. The summed E-state index contributed by atoms with van der Waals surface area (Å²) in [6, 6.07) is 6.30. The number of hydrogen-bond acceptors (Lipinski definition) is 4. The zero-order valence-electron chi connectivity index (χ0n) is 11.2. The third-order valence-electron chi connectivity index (χ3n) is 3.87. The molecular weight excluding hydrogens is 228 g/mol. The van der Waals surface area contributed by atoms with E-state index in [4.69, 9.17) is 9.47 Å². The summed E-state index contributed by atoms with van der Waals surface area (Å²) in [6.07, 6.45) is 4.58. The van der Waals surface area contributed by atoms with Crippen molar-refractivity contribution in [3.8, 4) is 0 Å². The predicted molar refractivity (Wildman–Crippen MR) is 70.6 cm³/mol. The van der Waals surface area contributed by atoms with Gasteiger partial charge in [0.25, 0.3) is 0 Å². The third-order valence-corrected chi connectivity index (χ3v) is 3.87. The molecule has 1 aliphatic heterocycles. The van der Waals surface area contributed by atoms with Gasteiger partial charge in [0.1, 0.15) is 0 Å². The van der Waals surface area contributed by atoms with Gasteiger partial charge in [-0.15, -0.1) is 0 Å². The fourth-order valence-corrected chi connectivity index (χ4v) is 2.69. The first-order valence-electron chi connectivity index (χ1n) is 6.51. The molecule has 18 heavy (non-hydrogen) atoms. The molecule has 1 atom stereocenters. The second-order valence-electron chi connectivity index (χ2n) is 4.75. The van der Waals surface area contributed by atoms with E-state index in [2.05, 4.69) is 16.4 Å². The maximum absolute atomic E-state index is 5.83. The van der Waals surface area contributed by atoms with Crippen LogP contribution in [0.25, 0.3) is 0 Å². The molecule has 0 spiro atoms. The van der Waals surface area contributed by atoms with Crippen LogP contribution in [0.15, 0.2) is 24.4 Å². The van der Waals surface area contributed by atoms with Crippen LogP contribution < -0.4 is 5.32 Å². The minimum absolute atomic E-state index is 0.134. The molecule has 4 heteroatoms. The van der Waals surface area contributed by atoms with Crippen molar-refractivity contribution in [1.82, 2.24) is 10.3 Å². The summed E-state index contributed by atoms with van der Waals surface area (Å²) in [7, 11) is 3.79. The van der Waals surface area contributed by atoms with Crippen molar-refractivity contribution < 1.29 is 9.47 Å². The Morgan fingerprint density at radius 2 is 2.22 bits per heavy atom. The number of aromatic nitrogens is 1. The lowest BCUT2D eigenvalue weighted by molar-refractivity contribution is -0.109. The number of nitrogens with one attached hydrogen (secondary N) is 1. The molecule has 1 unspecified atom stereocenters. The Morgan fingerprint density at radius 3 is 2.78 bits per heavy atom. The highest BCUT2D eigenvalue weighted by Crippen LogP contribution is 2.29. The lowest BCUT2D eigenvalue weighted by atomic mass is 9.83. The Morgan fingerprint density at radius 1 is 1.44 bits per heavy atom. The van der Waals surface area contributed by atoms with E-state index in [1.165, 1.54) is 0 Å². The lowest BCUT2D eigenvalue weighted by Crippen LogP contribution is -2.55. The summed E-state index contributed by atoms with van der Waals surface area (Å²) in [6.45, 7) is 1.54. The molecule has 100 valence electrons. The molecule has 0 amide bonds. The minimum atomic E-state index is -0.134. The van der Waals surface area contributed by atoms with Gasteiger partial charge in [-0.25, -0.2) is 0 Å². The van der Waals surface area contributed by atoms with Gasteiger partial charge in [0.05, 0.1) is 5.60 Å². The second kappa shape index (κ2) is 6.27. The molecule has 1 aromatic heterocycles. The Balaban J connectivity index is 2.11. The van der Waals surface area contributed by atoms with Crippen molar-refractivity contribution in [1.29, 1.82) is 0 Å². The zero-order chi connectivity index (χ0) is 12.8. The molecule has 4 nitrogen and oxygen atoms in total. The molecule has 0 aromatic carbocycles. The van der Waals surface area contributed by atoms with Crippen LogP contribution in [0, 0.1) is 0 Å². The summed E-state index contributed by atoms with van der Waals surface area (Å²) in [5.74, 6) is 0. The quantitative estimate of drug-likeness (QED) is 0.858. The molecule has 1 aliphatic rings. The maximum atomic E-state index is 5.83. The van der Waals surface area contributed by atoms with E-state index >= 15 is 0 Å². The number of pyridine rings is 1. The molecule has 1 fully saturated rings. The summed E-state index contributed by atoms with van der Waals surface area (Å²) < 4.78 is 11.3. The summed E-state index contributed by atoms with van der Waals surface area (Å²) in [4.78, 5) is 4.40. The fraction of sp³-hybridized carbons (Fsp3) is 0.643. The van der Waals surface area contributed by atoms with Crippen molar-refractivity contribution in [3.05, 3.63) is 30.1 Å². The molecule has 0 aliphatic carbocycles. The highest BCUT2D eigenvalue weighted by Gasteiger charge is 2.39. The zero-order valence-corrected chi connectivity index (χ0v) is 11.2. The standard InChI is InChI=1S/C14H22N2O2/c1-15-13(11-12-5-3-4-8-16-12)14(17-2)6-9-18-10-7-14/h3-5,8,13,15H,6-7,9-11H2,1-2H3. The van der Waals surface area contributed by atoms with Gasteiger partial charge < -0.3 is 14.8 Å². The number of nitrogens with zero attached hydrogens (tertiary/aromatic N) is 1. The van der Waals surface area contributed by atoms with Crippen molar-refractivity contribution in [2.24, 2.45) is 0 Å². The van der Waals surface area contributed by atoms with Crippen molar-refractivity contribution in [2.75, 3.05) is 27.4 Å². The Labute approximate surface area is 109 Å². The van der Waals surface area contributed by atoms with Crippen molar-refractivity contribution in [3.63, 3.8) is 0 Å². The highest BCUT2D eigenvalue weighted by atomic mass is 16.5. The van der Waals surface area contributed by atoms with E-state index in [9.17, 15) is 0 Å². The first-order valence-corrected chi connectivity index (χ1v) is 6.51. The van der Waals surface area contributed by atoms with E-state index in [0.717, 1.165) is 38.2 Å². The van der Waals surface area contributed by atoms with Crippen LogP contribution in [0.3, 0.4) is 0 Å². The molecule has 0 saturated carbocycles. The molecule has 1 aromatic rings. The molecular formula is C14H22N2O2. The average Bonchev–Trinajstić information content (AvgIpc) is 2.46. The first kappa shape index (κ1) is 13.5. The van der Waals surface area contributed by atoms with Crippen LogP contribution in [0.2, 0.25) is 0 Å². The van der Waals surface area contributed by atoms with Crippen molar-refractivity contribution in [2.45, 2.75) is 30.9 Å². The second-order valence-corrected chi connectivity index (χ2v) is 4.75. The maximum Gasteiger partial charge on any atom is 0.0878 e. The summed E-state index contributed by atoms with van der Waals surface area (Å²) in [5.41, 5.74) is 0.963. The first-order chi connectivity index (χ1) is 8.80. The van der Waals surface area contributed by atoms with Gasteiger partial charge in [-0.2, -0.15) is 0 Å². The fourth-order valence-electron chi connectivity index (χ4n) is 2.69. The van der Waals surface area contributed by atoms with E-state index in [1.807, 2.05) is 25.4 Å².